The Labute approximate surface area is 137 Å². The Morgan fingerprint density at radius 3 is 2.96 bits per heavy atom. The Kier molecular flexibility index (Phi) is 3.35. The number of aldehydes is 1. The number of fused-ring (bicyclic) bond motifs is 2. The first-order valence-corrected chi connectivity index (χ1v) is 8.27. The van der Waals surface area contributed by atoms with Crippen molar-refractivity contribution in [3.63, 3.8) is 0 Å². The van der Waals surface area contributed by atoms with Crippen molar-refractivity contribution in [3.05, 3.63) is 53.7 Å². The topological polar surface area (TPSA) is 43.6 Å². The highest BCUT2D eigenvalue weighted by atomic mass is 32.1. The lowest BCUT2D eigenvalue weighted by atomic mass is 10.00. The second-order valence-corrected chi connectivity index (χ2v) is 5.98. The van der Waals surface area contributed by atoms with E-state index in [9.17, 15) is 4.79 Å². The monoisotopic (exact) mass is 322 g/mol. The zero-order valence-corrected chi connectivity index (χ0v) is 13.3. The van der Waals surface area contributed by atoms with Crippen LogP contribution < -0.4 is 4.74 Å². The van der Waals surface area contributed by atoms with E-state index in [-0.39, 0.29) is 0 Å². The average Bonchev–Trinajstić information content (AvgIpc) is 3.15. The molecule has 0 bridgehead atoms. The third kappa shape index (κ3) is 2.12. The van der Waals surface area contributed by atoms with E-state index in [0.717, 1.165) is 33.3 Å². The van der Waals surface area contributed by atoms with Crippen LogP contribution in [0.4, 0.5) is 0 Å². The maximum absolute atomic E-state index is 11.7. The largest absolute Gasteiger partial charge is 0.493 e. The van der Waals surface area contributed by atoms with Gasteiger partial charge in [0.25, 0.3) is 0 Å². The van der Waals surface area contributed by atoms with Crippen molar-refractivity contribution in [1.29, 1.82) is 0 Å². The van der Waals surface area contributed by atoms with E-state index in [2.05, 4.69) is 4.98 Å². The van der Waals surface area contributed by atoms with Crippen LogP contribution in [-0.2, 0) is 0 Å². The minimum absolute atomic E-state index is 0.554. The second-order valence-electron chi connectivity index (χ2n) is 5.11. The SMILES string of the molecule is CCOc1ccc2ccccc2c1-c1nc2sccn2c1C=O. The number of benzene rings is 2. The smallest absolute Gasteiger partial charge is 0.194 e. The molecule has 4 aromatic rings. The number of nitrogens with zero attached hydrogens (tertiary/aromatic N) is 2. The summed E-state index contributed by atoms with van der Waals surface area (Å²) in [6.45, 7) is 2.51. The quantitative estimate of drug-likeness (QED) is 0.522. The molecule has 0 saturated carbocycles. The van der Waals surface area contributed by atoms with Crippen LogP contribution in [0.5, 0.6) is 5.75 Å². The highest BCUT2D eigenvalue weighted by molar-refractivity contribution is 7.15. The molecule has 0 atom stereocenters. The standard InChI is InChI=1S/C18H14N2O2S/c1-2-22-15-8-7-12-5-3-4-6-13(12)16(15)17-14(11-21)20-9-10-23-18(20)19-17/h3-11H,2H2,1H3. The van der Waals surface area contributed by atoms with Gasteiger partial charge in [-0.1, -0.05) is 30.3 Å². The van der Waals surface area contributed by atoms with Gasteiger partial charge in [0.05, 0.1) is 12.2 Å². The van der Waals surface area contributed by atoms with Gasteiger partial charge >= 0.3 is 0 Å². The summed E-state index contributed by atoms with van der Waals surface area (Å²) in [7, 11) is 0. The number of ether oxygens (including phenoxy) is 1. The molecule has 0 aliphatic rings. The zero-order chi connectivity index (χ0) is 15.8. The molecule has 0 aliphatic carbocycles. The van der Waals surface area contributed by atoms with Crippen LogP contribution in [0, 0.1) is 0 Å². The van der Waals surface area contributed by atoms with Gasteiger partial charge in [0, 0.05) is 11.6 Å². The summed E-state index contributed by atoms with van der Waals surface area (Å²) in [6, 6.07) is 12.0. The Morgan fingerprint density at radius 1 is 1.26 bits per heavy atom. The number of hydrogen-bond donors (Lipinski definition) is 0. The Balaban J connectivity index is 2.11. The Morgan fingerprint density at radius 2 is 2.13 bits per heavy atom. The molecule has 0 aliphatic heterocycles. The Bertz CT molecular complexity index is 1020. The molecule has 2 aromatic heterocycles. The number of thiazole rings is 1. The van der Waals surface area contributed by atoms with Gasteiger partial charge in [-0.15, -0.1) is 11.3 Å². The summed E-state index contributed by atoms with van der Waals surface area (Å²) in [6.07, 6.45) is 2.73. The lowest BCUT2D eigenvalue weighted by Crippen LogP contribution is -1.97. The van der Waals surface area contributed by atoms with E-state index in [4.69, 9.17) is 4.74 Å². The number of hydrogen-bond acceptors (Lipinski definition) is 4. The van der Waals surface area contributed by atoms with Crippen molar-refractivity contribution in [2.75, 3.05) is 6.61 Å². The number of rotatable bonds is 4. The Hall–Kier alpha value is -2.66. The second kappa shape index (κ2) is 5.52. The van der Waals surface area contributed by atoms with E-state index < -0.39 is 0 Å². The molecule has 0 N–H and O–H groups in total. The van der Waals surface area contributed by atoms with E-state index in [1.165, 1.54) is 11.3 Å². The summed E-state index contributed by atoms with van der Waals surface area (Å²) in [5.74, 6) is 0.750. The van der Waals surface area contributed by atoms with Crippen LogP contribution in [0.15, 0.2) is 48.0 Å². The van der Waals surface area contributed by atoms with Gasteiger partial charge in [-0.3, -0.25) is 9.20 Å². The van der Waals surface area contributed by atoms with E-state index in [1.807, 2.05) is 59.3 Å². The molecule has 0 radical (unpaired) electrons. The van der Waals surface area contributed by atoms with Gasteiger partial charge in [-0.05, 0) is 23.8 Å². The molecule has 0 fully saturated rings. The van der Waals surface area contributed by atoms with Crippen molar-refractivity contribution in [1.82, 2.24) is 9.38 Å². The van der Waals surface area contributed by atoms with Gasteiger partial charge in [-0.25, -0.2) is 4.98 Å². The number of imidazole rings is 1. The highest BCUT2D eigenvalue weighted by Gasteiger charge is 2.20. The third-order valence-corrected chi connectivity index (χ3v) is 4.59. The maximum atomic E-state index is 11.7. The van der Waals surface area contributed by atoms with Crippen molar-refractivity contribution in [3.8, 4) is 17.0 Å². The molecule has 4 rings (SSSR count). The average molecular weight is 322 g/mol. The summed E-state index contributed by atoms with van der Waals surface area (Å²) >= 11 is 1.51. The number of carbonyl (C=O) groups is 1. The number of carbonyl (C=O) groups excluding carboxylic acids is 1. The summed E-state index contributed by atoms with van der Waals surface area (Å²) in [5.41, 5.74) is 2.11. The van der Waals surface area contributed by atoms with E-state index in [0.29, 0.717) is 18.0 Å². The molecular formula is C18H14N2O2S. The molecule has 0 amide bonds. The first-order valence-electron chi connectivity index (χ1n) is 7.39. The van der Waals surface area contributed by atoms with Crippen molar-refractivity contribution in [2.24, 2.45) is 0 Å². The fraction of sp³-hybridized carbons (Fsp3) is 0.111. The highest BCUT2D eigenvalue weighted by Crippen LogP contribution is 2.38. The van der Waals surface area contributed by atoms with Gasteiger partial charge < -0.3 is 4.74 Å². The molecule has 2 aromatic carbocycles. The van der Waals surface area contributed by atoms with Gasteiger partial charge in [-0.2, -0.15) is 0 Å². The summed E-state index contributed by atoms with van der Waals surface area (Å²) in [5, 5.41) is 4.05. The first kappa shape index (κ1) is 14.0. The molecule has 114 valence electrons. The van der Waals surface area contributed by atoms with Crippen molar-refractivity contribution < 1.29 is 9.53 Å². The van der Waals surface area contributed by atoms with Gasteiger partial charge in [0.2, 0.25) is 0 Å². The zero-order valence-electron chi connectivity index (χ0n) is 12.5. The molecule has 4 nitrogen and oxygen atoms in total. The van der Waals surface area contributed by atoms with Crippen LogP contribution in [-0.4, -0.2) is 22.3 Å². The molecular weight excluding hydrogens is 308 g/mol. The summed E-state index contributed by atoms with van der Waals surface area (Å²) in [4.78, 5) is 17.2. The van der Waals surface area contributed by atoms with Crippen LogP contribution >= 0.6 is 11.3 Å². The van der Waals surface area contributed by atoms with Crippen molar-refractivity contribution in [2.45, 2.75) is 6.92 Å². The van der Waals surface area contributed by atoms with E-state index in [1.54, 1.807) is 0 Å². The first-order chi connectivity index (χ1) is 11.3. The minimum atomic E-state index is 0.554. The normalized spacial score (nSPS) is 11.2. The van der Waals surface area contributed by atoms with Gasteiger partial charge in [0.1, 0.15) is 17.1 Å². The predicted molar refractivity (Wildman–Crippen MR) is 92.6 cm³/mol. The molecule has 23 heavy (non-hydrogen) atoms. The number of aromatic nitrogens is 2. The van der Waals surface area contributed by atoms with Gasteiger partial charge in [0.15, 0.2) is 11.2 Å². The molecule has 5 heteroatoms. The van der Waals surface area contributed by atoms with Crippen LogP contribution in [0.2, 0.25) is 0 Å². The molecule has 0 saturated heterocycles. The lowest BCUT2D eigenvalue weighted by Gasteiger charge is -2.12. The predicted octanol–water partition coefficient (Wildman–Crippen LogP) is 4.43. The van der Waals surface area contributed by atoms with Crippen LogP contribution in [0.1, 0.15) is 17.4 Å². The van der Waals surface area contributed by atoms with Crippen LogP contribution in [0.25, 0.3) is 27.0 Å². The van der Waals surface area contributed by atoms with E-state index >= 15 is 0 Å². The van der Waals surface area contributed by atoms with Crippen molar-refractivity contribution >= 4 is 33.4 Å². The molecule has 0 spiro atoms. The maximum Gasteiger partial charge on any atom is 0.194 e. The fourth-order valence-corrected chi connectivity index (χ4v) is 3.59. The molecule has 0 unspecified atom stereocenters. The lowest BCUT2D eigenvalue weighted by molar-refractivity contribution is 0.111. The minimum Gasteiger partial charge on any atom is -0.493 e. The van der Waals surface area contributed by atoms with Crippen LogP contribution in [0.3, 0.4) is 0 Å². The molecule has 2 heterocycles. The fourth-order valence-electron chi connectivity index (χ4n) is 2.87. The third-order valence-electron chi connectivity index (χ3n) is 3.84. The summed E-state index contributed by atoms with van der Waals surface area (Å²) < 4.78 is 7.63.